The third-order valence-electron chi connectivity index (χ3n) is 4.98. The summed E-state index contributed by atoms with van der Waals surface area (Å²) in [5, 5.41) is 11.0. The van der Waals surface area contributed by atoms with Crippen LogP contribution in [0.3, 0.4) is 0 Å². The fourth-order valence-corrected chi connectivity index (χ4v) is 3.23. The molecule has 1 aliphatic heterocycles. The van der Waals surface area contributed by atoms with Crippen LogP contribution >= 0.6 is 0 Å². The number of hydrogen-bond acceptors (Lipinski definition) is 7. The molecule has 1 fully saturated rings. The lowest BCUT2D eigenvalue weighted by atomic mass is 10.2. The molecule has 8 nitrogen and oxygen atoms in total. The Morgan fingerprint density at radius 3 is 2.48 bits per heavy atom. The van der Waals surface area contributed by atoms with Crippen LogP contribution in [0.5, 0.6) is 0 Å². The lowest BCUT2D eigenvalue weighted by molar-refractivity contribution is -0.116. The van der Waals surface area contributed by atoms with Crippen molar-refractivity contribution in [2.45, 2.75) is 12.8 Å². The SMILES string of the molecule is CN1CCN(c2ccc(NC(=O)CCc3nnc(-c4ccncc4)o3)cc2)CC1. The normalized spacial score (nSPS) is 14.7. The molecule has 29 heavy (non-hydrogen) atoms. The second kappa shape index (κ2) is 8.83. The highest BCUT2D eigenvalue weighted by atomic mass is 16.4. The number of nitrogens with one attached hydrogen (secondary N) is 1. The molecular formula is C21H24N6O2. The van der Waals surface area contributed by atoms with E-state index >= 15 is 0 Å². The maximum Gasteiger partial charge on any atom is 0.247 e. The van der Waals surface area contributed by atoms with Crippen molar-refractivity contribution >= 4 is 17.3 Å². The summed E-state index contributed by atoms with van der Waals surface area (Å²) in [6.07, 6.45) is 4.00. The lowest BCUT2D eigenvalue weighted by Crippen LogP contribution is -2.44. The number of hydrogen-bond donors (Lipinski definition) is 1. The number of aromatic nitrogens is 3. The Morgan fingerprint density at radius 2 is 1.76 bits per heavy atom. The summed E-state index contributed by atoms with van der Waals surface area (Å²) in [5.74, 6) is 0.792. The summed E-state index contributed by atoms with van der Waals surface area (Å²) in [7, 11) is 2.14. The number of nitrogens with zero attached hydrogens (tertiary/aromatic N) is 5. The monoisotopic (exact) mass is 392 g/mol. The van der Waals surface area contributed by atoms with Gasteiger partial charge in [-0.1, -0.05) is 0 Å². The number of aryl methyl sites for hydroxylation is 1. The third kappa shape index (κ3) is 4.97. The number of pyridine rings is 1. The molecule has 0 aliphatic carbocycles. The van der Waals surface area contributed by atoms with Crippen molar-refractivity contribution in [1.29, 1.82) is 0 Å². The molecule has 1 amide bonds. The van der Waals surface area contributed by atoms with Crippen molar-refractivity contribution in [2.75, 3.05) is 43.4 Å². The minimum Gasteiger partial charge on any atom is -0.421 e. The van der Waals surface area contributed by atoms with Gasteiger partial charge in [0.1, 0.15) is 0 Å². The molecule has 0 unspecified atom stereocenters. The predicted octanol–water partition coefficient (Wildman–Crippen LogP) is 2.45. The number of anilines is 2. The van der Waals surface area contributed by atoms with Gasteiger partial charge in [-0.25, -0.2) is 0 Å². The van der Waals surface area contributed by atoms with Gasteiger partial charge >= 0.3 is 0 Å². The zero-order valence-electron chi connectivity index (χ0n) is 16.4. The number of piperazine rings is 1. The molecule has 1 aliphatic rings. The molecule has 3 aromatic rings. The smallest absolute Gasteiger partial charge is 0.247 e. The molecule has 3 heterocycles. The van der Waals surface area contributed by atoms with Gasteiger partial charge < -0.3 is 19.5 Å². The number of carbonyl (C=O) groups is 1. The zero-order valence-corrected chi connectivity index (χ0v) is 16.4. The van der Waals surface area contributed by atoms with Crippen molar-refractivity contribution in [3.05, 3.63) is 54.7 Å². The average Bonchev–Trinajstić information content (AvgIpc) is 3.23. The van der Waals surface area contributed by atoms with Gasteiger partial charge in [-0.2, -0.15) is 0 Å². The van der Waals surface area contributed by atoms with Crippen LogP contribution in [0.2, 0.25) is 0 Å². The molecule has 0 spiro atoms. The molecule has 0 radical (unpaired) electrons. The number of carbonyl (C=O) groups excluding carboxylic acids is 1. The van der Waals surface area contributed by atoms with Crippen molar-refractivity contribution in [3.63, 3.8) is 0 Å². The minimum atomic E-state index is -0.0824. The molecule has 0 saturated carbocycles. The molecule has 150 valence electrons. The van der Waals surface area contributed by atoms with E-state index < -0.39 is 0 Å². The summed E-state index contributed by atoms with van der Waals surface area (Å²) in [6.45, 7) is 4.18. The molecule has 1 saturated heterocycles. The fourth-order valence-electron chi connectivity index (χ4n) is 3.23. The Balaban J connectivity index is 1.27. The summed E-state index contributed by atoms with van der Waals surface area (Å²) in [6, 6.07) is 11.6. The molecule has 0 atom stereocenters. The number of benzene rings is 1. The Kier molecular flexibility index (Phi) is 5.81. The van der Waals surface area contributed by atoms with Gasteiger partial charge in [0.25, 0.3) is 0 Å². The predicted molar refractivity (Wildman–Crippen MR) is 111 cm³/mol. The molecule has 0 bridgehead atoms. The first-order chi connectivity index (χ1) is 14.2. The van der Waals surface area contributed by atoms with E-state index in [-0.39, 0.29) is 12.3 Å². The van der Waals surface area contributed by atoms with Crippen LogP contribution in [-0.2, 0) is 11.2 Å². The molecular weight excluding hydrogens is 368 g/mol. The molecule has 2 aromatic heterocycles. The van der Waals surface area contributed by atoms with Gasteiger partial charge in [0.2, 0.25) is 17.7 Å². The summed E-state index contributed by atoms with van der Waals surface area (Å²) >= 11 is 0. The quantitative estimate of drug-likeness (QED) is 0.689. The van der Waals surface area contributed by atoms with Gasteiger partial charge in [0, 0.05) is 68.4 Å². The summed E-state index contributed by atoms with van der Waals surface area (Å²) in [4.78, 5) is 20.9. The lowest BCUT2D eigenvalue weighted by Gasteiger charge is -2.34. The maximum absolute atomic E-state index is 12.3. The van der Waals surface area contributed by atoms with Gasteiger partial charge in [-0.15, -0.1) is 10.2 Å². The van der Waals surface area contributed by atoms with Crippen LogP contribution in [0.1, 0.15) is 12.3 Å². The van der Waals surface area contributed by atoms with Gasteiger partial charge in [0.15, 0.2) is 0 Å². The van der Waals surface area contributed by atoms with Crippen molar-refractivity contribution in [3.8, 4) is 11.5 Å². The van der Waals surface area contributed by atoms with E-state index in [2.05, 4.69) is 49.5 Å². The molecule has 8 heteroatoms. The van der Waals surface area contributed by atoms with Crippen molar-refractivity contribution in [2.24, 2.45) is 0 Å². The van der Waals surface area contributed by atoms with E-state index in [1.165, 1.54) is 5.69 Å². The van der Waals surface area contributed by atoms with Crippen molar-refractivity contribution < 1.29 is 9.21 Å². The number of rotatable bonds is 6. The molecule has 4 rings (SSSR count). The van der Waals surface area contributed by atoms with Crippen LogP contribution < -0.4 is 10.2 Å². The number of likely N-dealkylation sites (N-methyl/N-ethyl adjacent to an activating group) is 1. The molecule has 1 N–H and O–H groups in total. The number of amides is 1. The highest BCUT2D eigenvalue weighted by Crippen LogP contribution is 2.20. The van der Waals surface area contributed by atoms with E-state index in [1.807, 2.05) is 12.1 Å². The first-order valence-corrected chi connectivity index (χ1v) is 9.73. The zero-order chi connectivity index (χ0) is 20.1. The van der Waals surface area contributed by atoms with E-state index in [4.69, 9.17) is 4.42 Å². The van der Waals surface area contributed by atoms with Crippen molar-refractivity contribution in [1.82, 2.24) is 20.1 Å². The summed E-state index contributed by atoms with van der Waals surface area (Å²) < 4.78 is 5.62. The van der Waals surface area contributed by atoms with Gasteiger partial charge in [-0.3, -0.25) is 9.78 Å². The van der Waals surface area contributed by atoms with Crippen LogP contribution in [0.15, 0.2) is 53.2 Å². The van der Waals surface area contributed by atoms with Gasteiger partial charge in [0.05, 0.1) is 0 Å². The Morgan fingerprint density at radius 1 is 1.03 bits per heavy atom. The highest BCUT2D eigenvalue weighted by Gasteiger charge is 2.14. The van der Waals surface area contributed by atoms with Gasteiger partial charge in [-0.05, 0) is 43.4 Å². The third-order valence-corrected chi connectivity index (χ3v) is 4.98. The average molecular weight is 392 g/mol. The second-order valence-corrected chi connectivity index (χ2v) is 7.12. The topological polar surface area (TPSA) is 87.4 Å². The van der Waals surface area contributed by atoms with Crippen LogP contribution in [0, 0.1) is 0 Å². The largest absolute Gasteiger partial charge is 0.421 e. The van der Waals surface area contributed by atoms with E-state index in [0.29, 0.717) is 18.2 Å². The Hall–Kier alpha value is -3.26. The highest BCUT2D eigenvalue weighted by molar-refractivity contribution is 5.90. The van der Waals surface area contributed by atoms with E-state index in [9.17, 15) is 4.79 Å². The minimum absolute atomic E-state index is 0.0824. The van der Waals surface area contributed by atoms with E-state index in [0.717, 1.165) is 37.4 Å². The van der Waals surface area contributed by atoms with Crippen LogP contribution in [0.4, 0.5) is 11.4 Å². The Bertz CT molecular complexity index is 933. The van der Waals surface area contributed by atoms with Crippen LogP contribution in [0.25, 0.3) is 11.5 Å². The second-order valence-electron chi connectivity index (χ2n) is 7.12. The standard InChI is InChI=1S/C21H24N6O2/c1-26-12-14-27(15-13-26)18-4-2-17(3-5-18)23-19(28)6-7-20-24-25-21(29-20)16-8-10-22-11-9-16/h2-5,8-11H,6-7,12-15H2,1H3,(H,23,28). The first-order valence-electron chi connectivity index (χ1n) is 9.73. The first kappa shape index (κ1) is 19.1. The summed E-state index contributed by atoms with van der Waals surface area (Å²) in [5.41, 5.74) is 2.78. The van der Waals surface area contributed by atoms with Crippen LogP contribution in [-0.4, -0.2) is 59.2 Å². The van der Waals surface area contributed by atoms with E-state index in [1.54, 1.807) is 24.5 Å². The maximum atomic E-state index is 12.3. The Labute approximate surface area is 169 Å². The fraction of sp³-hybridized carbons (Fsp3) is 0.333. The molecule has 1 aromatic carbocycles.